The molecule has 4 aromatic carbocycles. The first kappa shape index (κ1) is 37.8. The van der Waals surface area contributed by atoms with Crippen molar-refractivity contribution in [3.63, 3.8) is 0 Å². The average Bonchev–Trinajstić information content (AvgIpc) is 3.14. The van der Waals surface area contributed by atoms with E-state index in [4.69, 9.17) is 0 Å². The van der Waals surface area contributed by atoms with E-state index in [9.17, 15) is 20.4 Å². The van der Waals surface area contributed by atoms with Crippen molar-refractivity contribution in [2.75, 3.05) is 0 Å². The fourth-order valence-electron chi connectivity index (χ4n) is 10.8. The number of aryl methyl sites for hydroxylation is 4. The number of hydrogen-bond donors (Lipinski definition) is 4. The zero-order valence-corrected chi connectivity index (χ0v) is 33.9. The van der Waals surface area contributed by atoms with Gasteiger partial charge in [0.15, 0.2) is 0 Å². The average molecular weight is 703 g/mol. The van der Waals surface area contributed by atoms with Crippen molar-refractivity contribution in [2.45, 2.75) is 145 Å². The van der Waals surface area contributed by atoms with E-state index in [1.807, 2.05) is 55.4 Å². The van der Waals surface area contributed by atoms with Crippen LogP contribution in [0.4, 0.5) is 0 Å². The number of rotatable bonds is 5. The molecule has 0 aromatic heterocycles. The van der Waals surface area contributed by atoms with Crippen LogP contribution in [0.1, 0.15) is 140 Å². The highest BCUT2D eigenvalue weighted by Crippen LogP contribution is 2.57. The maximum Gasteiger partial charge on any atom is 0.121 e. The minimum atomic E-state index is -0.189. The molecule has 4 heteroatoms. The number of phenols is 4. The lowest BCUT2D eigenvalue weighted by molar-refractivity contribution is 0.140. The zero-order chi connectivity index (χ0) is 38.2. The Bertz CT molecular complexity index is 1790. The van der Waals surface area contributed by atoms with Gasteiger partial charge in [-0.3, -0.25) is 0 Å². The highest BCUT2D eigenvalue weighted by Gasteiger charge is 2.47. The maximum absolute atomic E-state index is 10.9. The molecule has 0 saturated heterocycles. The molecule has 6 rings (SSSR count). The Morgan fingerprint density at radius 2 is 0.538 bits per heavy atom. The molecule has 0 bridgehead atoms. The predicted octanol–water partition coefficient (Wildman–Crippen LogP) is 11.9. The summed E-state index contributed by atoms with van der Waals surface area (Å²) in [5.41, 5.74) is 17.2. The summed E-state index contributed by atoms with van der Waals surface area (Å²) in [6, 6.07) is 8.99. The van der Waals surface area contributed by atoms with Crippen molar-refractivity contribution in [2.24, 2.45) is 11.8 Å². The molecule has 2 fully saturated rings. The molecule has 0 heterocycles. The number of phenolic OH excluding ortho intramolecular Hbond substituents is 4. The van der Waals surface area contributed by atoms with E-state index in [1.54, 1.807) is 0 Å². The van der Waals surface area contributed by atoms with Crippen molar-refractivity contribution in [3.8, 4) is 23.0 Å². The second-order valence-electron chi connectivity index (χ2n) is 17.2. The van der Waals surface area contributed by atoms with Crippen LogP contribution < -0.4 is 0 Å². The van der Waals surface area contributed by atoms with Crippen LogP contribution in [0.3, 0.4) is 0 Å². The Kier molecular flexibility index (Phi) is 9.81. The van der Waals surface area contributed by atoms with Crippen LogP contribution in [0.2, 0.25) is 0 Å². The summed E-state index contributed by atoms with van der Waals surface area (Å²) < 4.78 is 0. The Hall–Kier alpha value is -3.92. The summed E-state index contributed by atoms with van der Waals surface area (Å²) in [6.07, 6.45) is 8.72. The third-order valence-corrected chi connectivity index (χ3v) is 14.7. The lowest BCUT2D eigenvalue weighted by Gasteiger charge is -2.49. The van der Waals surface area contributed by atoms with Crippen LogP contribution in [0, 0.1) is 94.9 Å². The van der Waals surface area contributed by atoms with E-state index >= 15 is 0 Å². The largest absolute Gasteiger partial charge is 0.507 e. The fourth-order valence-corrected chi connectivity index (χ4v) is 10.8. The molecule has 0 unspecified atom stereocenters. The van der Waals surface area contributed by atoms with Crippen molar-refractivity contribution >= 4 is 0 Å². The quantitative estimate of drug-likeness (QED) is 0.167. The molecule has 0 radical (unpaired) electrons. The number of aromatic hydroxyl groups is 4. The third-order valence-electron chi connectivity index (χ3n) is 14.7. The molecular weight excluding hydrogens is 641 g/mol. The van der Waals surface area contributed by atoms with E-state index in [0.717, 1.165) is 95.9 Å². The van der Waals surface area contributed by atoms with Crippen molar-refractivity contribution < 1.29 is 20.4 Å². The molecule has 278 valence electrons. The van der Waals surface area contributed by atoms with Crippen molar-refractivity contribution in [1.29, 1.82) is 0 Å². The molecule has 52 heavy (non-hydrogen) atoms. The van der Waals surface area contributed by atoms with Gasteiger partial charge in [-0.05, 0) is 235 Å². The van der Waals surface area contributed by atoms with E-state index in [1.165, 1.54) is 44.5 Å². The summed E-state index contributed by atoms with van der Waals surface area (Å²) >= 11 is 0. The van der Waals surface area contributed by atoms with E-state index in [-0.39, 0.29) is 10.8 Å². The minimum absolute atomic E-state index is 0.189. The zero-order valence-electron chi connectivity index (χ0n) is 33.9. The van der Waals surface area contributed by atoms with Crippen LogP contribution in [0.5, 0.6) is 23.0 Å². The van der Waals surface area contributed by atoms with E-state index in [2.05, 4.69) is 52.0 Å². The second-order valence-corrected chi connectivity index (χ2v) is 17.2. The van der Waals surface area contributed by atoms with Crippen LogP contribution in [-0.4, -0.2) is 20.4 Å². The molecule has 4 N–H and O–H groups in total. The number of benzene rings is 4. The van der Waals surface area contributed by atoms with Gasteiger partial charge in [-0.15, -0.1) is 0 Å². The smallest absolute Gasteiger partial charge is 0.121 e. The minimum Gasteiger partial charge on any atom is -0.507 e. The molecule has 0 amide bonds. The first-order valence-electron chi connectivity index (χ1n) is 19.6. The van der Waals surface area contributed by atoms with Gasteiger partial charge < -0.3 is 20.4 Å². The van der Waals surface area contributed by atoms with Crippen molar-refractivity contribution in [3.05, 3.63) is 113 Å². The van der Waals surface area contributed by atoms with Gasteiger partial charge in [0.2, 0.25) is 0 Å². The highest BCUT2D eigenvalue weighted by molar-refractivity contribution is 5.60. The van der Waals surface area contributed by atoms with Gasteiger partial charge in [0.1, 0.15) is 23.0 Å². The normalized spacial score (nSPS) is 17.8. The first-order valence-corrected chi connectivity index (χ1v) is 19.6. The first-order chi connectivity index (χ1) is 24.4. The van der Waals surface area contributed by atoms with Gasteiger partial charge in [-0.25, -0.2) is 0 Å². The van der Waals surface area contributed by atoms with Crippen LogP contribution in [0.15, 0.2) is 24.3 Å². The molecule has 2 aliphatic carbocycles. The lowest BCUT2D eigenvalue weighted by Crippen LogP contribution is -2.40. The van der Waals surface area contributed by atoms with Crippen molar-refractivity contribution in [1.82, 2.24) is 0 Å². The predicted molar refractivity (Wildman–Crippen MR) is 215 cm³/mol. The summed E-state index contributed by atoms with van der Waals surface area (Å²) in [5, 5.41) is 43.7. The highest BCUT2D eigenvalue weighted by atomic mass is 16.3. The lowest BCUT2D eigenvalue weighted by atomic mass is 9.55. The molecule has 0 spiro atoms. The van der Waals surface area contributed by atoms with Crippen LogP contribution >= 0.6 is 0 Å². The summed E-state index contributed by atoms with van der Waals surface area (Å²) in [5.74, 6) is 2.84. The monoisotopic (exact) mass is 702 g/mol. The van der Waals surface area contributed by atoms with E-state index in [0.29, 0.717) is 34.8 Å². The van der Waals surface area contributed by atoms with Gasteiger partial charge in [0.25, 0.3) is 0 Å². The topological polar surface area (TPSA) is 80.9 Å². The van der Waals surface area contributed by atoms with Crippen LogP contribution in [0.25, 0.3) is 0 Å². The molecule has 4 aromatic rings. The molecular formula is C48H62O4. The summed E-state index contributed by atoms with van der Waals surface area (Å²) in [7, 11) is 0. The molecule has 0 aliphatic heterocycles. The van der Waals surface area contributed by atoms with Crippen LogP contribution in [-0.2, 0) is 10.8 Å². The fraction of sp³-hybridized carbons (Fsp3) is 0.500. The summed E-state index contributed by atoms with van der Waals surface area (Å²) in [4.78, 5) is 0. The van der Waals surface area contributed by atoms with Gasteiger partial charge in [0.05, 0.1) is 0 Å². The Labute approximate surface area is 313 Å². The molecule has 2 saturated carbocycles. The standard InChI is InChI=1S/C48H62O4/c1-25-21-39(29(5)33(9)43(25)49)47(40-22-26(2)44(50)34(10)30(40)6)17-13-37(14-18-47)38-15-19-48(20-16-38,41-23-27(3)45(51)35(11)31(41)7)42-24-28(4)46(52)36(12)32(42)8/h21-24,37-38,49-52H,13-20H2,1-12H3. The molecule has 2 aliphatic rings. The van der Waals surface area contributed by atoms with Gasteiger partial charge in [-0.1, -0.05) is 24.3 Å². The Morgan fingerprint density at radius 1 is 0.346 bits per heavy atom. The maximum atomic E-state index is 10.9. The Balaban J connectivity index is 1.38. The number of hydrogen-bond acceptors (Lipinski definition) is 4. The molecule has 4 nitrogen and oxygen atoms in total. The molecule has 0 atom stereocenters. The van der Waals surface area contributed by atoms with Gasteiger partial charge in [0, 0.05) is 10.8 Å². The second kappa shape index (κ2) is 13.5. The van der Waals surface area contributed by atoms with Gasteiger partial charge in [-0.2, -0.15) is 0 Å². The Morgan fingerprint density at radius 3 is 0.731 bits per heavy atom. The third kappa shape index (κ3) is 5.71. The SMILES string of the molecule is Cc1cc(C2(c3cc(C)c(O)c(C)c3C)CCC(C3CCC(c4cc(C)c(O)c(C)c4C)(c4cc(C)c(O)c(C)c4C)CC3)CC2)c(C)c(C)c1O. The van der Waals surface area contributed by atoms with Gasteiger partial charge >= 0.3 is 0 Å². The van der Waals surface area contributed by atoms with E-state index < -0.39 is 0 Å². The summed E-state index contributed by atoms with van der Waals surface area (Å²) in [6.45, 7) is 25.0.